The highest BCUT2D eigenvalue weighted by Crippen LogP contribution is 2.15. The number of nitrogens with one attached hydrogen (secondary N) is 1. The molecule has 2 aromatic rings. The van der Waals surface area contributed by atoms with Crippen molar-refractivity contribution < 1.29 is 0 Å². The predicted octanol–water partition coefficient (Wildman–Crippen LogP) is 0.710. The molecule has 1 N–H and O–H groups in total. The van der Waals surface area contributed by atoms with E-state index in [4.69, 9.17) is 0 Å². The number of piperazine rings is 1. The normalized spacial score (nSPS) is 15.7. The highest BCUT2D eigenvalue weighted by molar-refractivity contribution is 5.43. The molecule has 130 valence electrons. The molecule has 0 unspecified atom stereocenters. The van der Waals surface area contributed by atoms with Crippen LogP contribution in [0.3, 0.4) is 0 Å². The number of aromatic nitrogens is 5. The minimum atomic E-state index is 0.833. The highest BCUT2D eigenvalue weighted by atomic mass is 15.4. The van der Waals surface area contributed by atoms with E-state index < -0.39 is 0 Å². The second kappa shape index (κ2) is 7.57. The third kappa shape index (κ3) is 4.19. The monoisotopic (exact) mass is 330 g/mol. The van der Waals surface area contributed by atoms with Gasteiger partial charge in [-0.1, -0.05) is 5.21 Å². The summed E-state index contributed by atoms with van der Waals surface area (Å²) in [4.78, 5) is 14.0. The quantitative estimate of drug-likeness (QED) is 0.836. The maximum atomic E-state index is 4.63. The highest BCUT2D eigenvalue weighted by Gasteiger charge is 2.19. The van der Waals surface area contributed by atoms with Crippen molar-refractivity contribution in [2.24, 2.45) is 7.05 Å². The minimum absolute atomic E-state index is 0.833. The van der Waals surface area contributed by atoms with Crippen LogP contribution in [0.4, 0.5) is 11.8 Å². The Morgan fingerprint density at radius 2 is 1.96 bits per heavy atom. The summed E-state index contributed by atoms with van der Waals surface area (Å²) in [5.41, 5.74) is 2.05. The van der Waals surface area contributed by atoms with Crippen LogP contribution in [0.15, 0.2) is 12.3 Å². The van der Waals surface area contributed by atoms with E-state index in [0.717, 1.165) is 68.8 Å². The number of nitrogens with zero attached hydrogens (tertiary/aromatic N) is 7. The molecule has 8 nitrogen and oxygen atoms in total. The van der Waals surface area contributed by atoms with Crippen molar-refractivity contribution in [3.63, 3.8) is 0 Å². The summed E-state index contributed by atoms with van der Waals surface area (Å²) in [6, 6.07) is 1.99. The van der Waals surface area contributed by atoms with Crippen LogP contribution in [0.25, 0.3) is 0 Å². The third-order valence-electron chi connectivity index (χ3n) is 4.19. The largest absolute Gasteiger partial charge is 0.370 e. The zero-order valence-electron chi connectivity index (χ0n) is 14.7. The van der Waals surface area contributed by atoms with Crippen molar-refractivity contribution in [1.29, 1.82) is 0 Å². The fourth-order valence-electron chi connectivity index (χ4n) is 2.92. The van der Waals surface area contributed by atoms with E-state index in [1.807, 2.05) is 26.2 Å². The van der Waals surface area contributed by atoms with Gasteiger partial charge in [-0.2, -0.15) is 4.98 Å². The van der Waals surface area contributed by atoms with Crippen molar-refractivity contribution in [2.75, 3.05) is 49.5 Å². The van der Waals surface area contributed by atoms with Gasteiger partial charge in [0.1, 0.15) is 5.82 Å². The molecule has 2 aromatic heterocycles. The van der Waals surface area contributed by atoms with Gasteiger partial charge < -0.3 is 10.2 Å². The molecule has 3 heterocycles. The zero-order chi connectivity index (χ0) is 16.9. The Labute approximate surface area is 142 Å². The van der Waals surface area contributed by atoms with Crippen molar-refractivity contribution in [2.45, 2.75) is 20.3 Å². The Morgan fingerprint density at radius 1 is 1.17 bits per heavy atom. The molecule has 1 saturated heterocycles. The van der Waals surface area contributed by atoms with Gasteiger partial charge in [0.25, 0.3) is 0 Å². The minimum Gasteiger partial charge on any atom is -0.370 e. The van der Waals surface area contributed by atoms with E-state index in [0.29, 0.717) is 0 Å². The maximum absolute atomic E-state index is 4.63. The summed E-state index contributed by atoms with van der Waals surface area (Å²) in [6.07, 6.45) is 2.93. The number of anilines is 2. The number of hydrogen-bond donors (Lipinski definition) is 1. The molecule has 8 heteroatoms. The average Bonchev–Trinajstić information content (AvgIpc) is 2.99. The summed E-state index contributed by atoms with van der Waals surface area (Å²) in [5, 5.41) is 11.4. The van der Waals surface area contributed by atoms with Gasteiger partial charge in [0.15, 0.2) is 0 Å². The molecular weight excluding hydrogens is 304 g/mol. The summed E-state index contributed by atoms with van der Waals surface area (Å²) in [6.45, 7) is 9.93. The first-order valence-electron chi connectivity index (χ1n) is 8.56. The van der Waals surface area contributed by atoms with Gasteiger partial charge in [-0.15, -0.1) is 5.10 Å². The molecule has 0 bridgehead atoms. The number of rotatable bonds is 6. The molecule has 0 radical (unpaired) electrons. The van der Waals surface area contributed by atoms with Crippen LogP contribution >= 0.6 is 0 Å². The lowest BCUT2D eigenvalue weighted by atomic mass is 10.2. The van der Waals surface area contributed by atoms with Crippen molar-refractivity contribution in [1.82, 2.24) is 29.9 Å². The van der Waals surface area contributed by atoms with E-state index in [9.17, 15) is 0 Å². The Hall–Kier alpha value is -2.22. The van der Waals surface area contributed by atoms with Gasteiger partial charge >= 0.3 is 0 Å². The Balaban J connectivity index is 1.53. The van der Waals surface area contributed by atoms with E-state index in [-0.39, 0.29) is 0 Å². The standard InChI is InChI=1S/C16H26N8/c1-4-17-15-11-13(2)18-16(19-15)24-9-7-23(8-10-24)6-5-14-12-22(3)21-20-14/h11-12H,4-10H2,1-3H3,(H,17,18,19). The Morgan fingerprint density at radius 3 is 2.62 bits per heavy atom. The maximum Gasteiger partial charge on any atom is 0.227 e. The van der Waals surface area contributed by atoms with Crippen LogP contribution in [0.5, 0.6) is 0 Å². The fourth-order valence-corrected chi connectivity index (χ4v) is 2.92. The van der Waals surface area contributed by atoms with Crippen molar-refractivity contribution in [3.8, 4) is 0 Å². The van der Waals surface area contributed by atoms with Gasteiger partial charge in [0.2, 0.25) is 5.95 Å². The average molecular weight is 330 g/mol. The molecule has 3 rings (SSSR count). The molecule has 24 heavy (non-hydrogen) atoms. The van der Waals surface area contributed by atoms with Gasteiger partial charge in [-0.3, -0.25) is 9.58 Å². The van der Waals surface area contributed by atoms with E-state index in [2.05, 4.69) is 42.3 Å². The molecule has 0 atom stereocenters. The van der Waals surface area contributed by atoms with Crippen LogP contribution in [0.1, 0.15) is 18.3 Å². The molecule has 0 aliphatic carbocycles. The van der Waals surface area contributed by atoms with E-state index >= 15 is 0 Å². The lowest BCUT2D eigenvalue weighted by Crippen LogP contribution is -2.47. The first kappa shape index (κ1) is 16.6. The smallest absolute Gasteiger partial charge is 0.227 e. The second-order valence-electron chi connectivity index (χ2n) is 6.19. The summed E-state index contributed by atoms with van der Waals surface area (Å²) in [7, 11) is 1.90. The van der Waals surface area contributed by atoms with Gasteiger partial charge in [-0.25, -0.2) is 4.98 Å². The van der Waals surface area contributed by atoms with Crippen molar-refractivity contribution >= 4 is 11.8 Å². The molecule has 0 saturated carbocycles. The third-order valence-corrected chi connectivity index (χ3v) is 4.19. The molecule has 1 aliphatic heterocycles. The molecular formula is C16H26N8. The number of aryl methyl sites for hydroxylation is 2. The SMILES string of the molecule is CCNc1cc(C)nc(N2CCN(CCc3cn(C)nn3)CC2)n1. The van der Waals surface area contributed by atoms with Gasteiger partial charge in [-0.05, 0) is 13.8 Å². The summed E-state index contributed by atoms with van der Waals surface area (Å²) < 4.78 is 1.75. The predicted molar refractivity (Wildman–Crippen MR) is 94.3 cm³/mol. The molecule has 1 aliphatic rings. The number of hydrogen-bond acceptors (Lipinski definition) is 7. The zero-order valence-corrected chi connectivity index (χ0v) is 14.7. The molecule has 0 spiro atoms. The van der Waals surface area contributed by atoms with E-state index in [1.165, 1.54) is 0 Å². The first-order chi connectivity index (χ1) is 11.6. The van der Waals surface area contributed by atoms with Crippen LogP contribution in [-0.4, -0.2) is 69.1 Å². The van der Waals surface area contributed by atoms with Crippen molar-refractivity contribution in [3.05, 3.63) is 23.7 Å². The van der Waals surface area contributed by atoms with Gasteiger partial charge in [0, 0.05) is 70.7 Å². The fraction of sp³-hybridized carbons (Fsp3) is 0.625. The van der Waals surface area contributed by atoms with Crippen LogP contribution in [-0.2, 0) is 13.5 Å². The van der Waals surface area contributed by atoms with E-state index in [1.54, 1.807) is 4.68 Å². The molecule has 0 aromatic carbocycles. The Bertz CT molecular complexity index is 660. The van der Waals surface area contributed by atoms with Crippen LogP contribution in [0, 0.1) is 6.92 Å². The second-order valence-corrected chi connectivity index (χ2v) is 6.19. The molecule has 0 amide bonds. The lowest BCUT2D eigenvalue weighted by molar-refractivity contribution is 0.259. The lowest BCUT2D eigenvalue weighted by Gasteiger charge is -2.34. The first-order valence-corrected chi connectivity index (χ1v) is 8.56. The van der Waals surface area contributed by atoms with Crippen LogP contribution < -0.4 is 10.2 Å². The topological polar surface area (TPSA) is 75.0 Å². The van der Waals surface area contributed by atoms with Gasteiger partial charge in [0.05, 0.1) is 5.69 Å². The summed E-state index contributed by atoms with van der Waals surface area (Å²) >= 11 is 0. The Kier molecular flexibility index (Phi) is 5.24. The molecule has 1 fully saturated rings. The summed E-state index contributed by atoms with van der Waals surface area (Å²) in [5.74, 6) is 1.74. The van der Waals surface area contributed by atoms with Crippen LogP contribution in [0.2, 0.25) is 0 Å².